The maximum absolute atomic E-state index is 14.6. The van der Waals surface area contributed by atoms with E-state index in [1.54, 1.807) is 24.0 Å². The van der Waals surface area contributed by atoms with Gasteiger partial charge in [-0.25, -0.2) is 18.2 Å². The Morgan fingerprint density at radius 1 is 1.06 bits per heavy atom. The molecule has 0 bridgehead atoms. The Balaban J connectivity index is 1.40. The van der Waals surface area contributed by atoms with Crippen LogP contribution in [0.2, 0.25) is 0 Å². The Labute approximate surface area is 194 Å². The molecule has 0 unspecified atom stereocenters. The number of carbonyl (C=O) groups is 2. The number of halogens is 3. The lowest BCUT2D eigenvalue weighted by molar-refractivity contribution is -0.125. The van der Waals surface area contributed by atoms with Crippen molar-refractivity contribution in [2.75, 3.05) is 18.4 Å². The van der Waals surface area contributed by atoms with E-state index in [1.807, 2.05) is 0 Å². The second-order valence-electron chi connectivity index (χ2n) is 8.27. The standard InChI is InChI=1S/C25H23F3N4O2/c1-16(32-13-10-25(27,28)21(15-32)17-8-11-29-12-9-17)24(34)31-22-7-4-19(14-30-22)23(33)18-2-5-20(26)6-3-18/h2-9,11-12,14,16,21H,10,13,15H2,1H3,(H,30,31,34)/t16-,21+/m0/s1. The predicted octanol–water partition coefficient (Wildman–Crippen LogP) is 4.30. The lowest BCUT2D eigenvalue weighted by atomic mass is 9.87. The summed E-state index contributed by atoms with van der Waals surface area (Å²) in [5.41, 5.74) is 1.09. The van der Waals surface area contributed by atoms with Crippen molar-refractivity contribution in [3.8, 4) is 0 Å². The molecule has 3 heterocycles. The highest BCUT2D eigenvalue weighted by atomic mass is 19.3. The number of nitrogens with one attached hydrogen (secondary N) is 1. The summed E-state index contributed by atoms with van der Waals surface area (Å²) >= 11 is 0. The van der Waals surface area contributed by atoms with Crippen LogP contribution in [-0.2, 0) is 4.79 Å². The number of piperidine rings is 1. The molecule has 1 aromatic carbocycles. The molecule has 6 nitrogen and oxygen atoms in total. The second-order valence-corrected chi connectivity index (χ2v) is 8.27. The predicted molar refractivity (Wildman–Crippen MR) is 120 cm³/mol. The maximum Gasteiger partial charge on any atom is 0.257 e. The number of aromatic nitrogens is 2. The summed E-state index contributed by atoms with van der Waals surface area (Å²) in [6.45, 7) is 1.78. The van der Waals surface area contributed by atoms with Crippen molar-refractivity contribution >= 4 is 17.5 Å². The van der Waals surface area contributed by atoms with Crippen LogP contribution < -0.4 is 5.32 Å². The number of rotatable bonds is 6. The zero-order valence-electron chi connectivity index (χ0n) is 18.4. The molecular weight excluding hydrogens is 445 g/mol. The molecule has 1 fully saturated rings. The molecular formula is C25H23F3N4O2. The van der Waals surface area contributed by atoms with Gasteiger partial charge in [0.1, 0.15) is 11.6 Å². The minimum Gasteiger partial charge on any atom is -0.309 e. The minimum atomic E-state index is -2.87. The highest BCUT2D eigenvalue weighted by Gasteiger charge is 2.46. The molecule has 34 heavy (non-hydrogen) atoms. The minimum absolute atomic E-state index is 0.0319. The summed E-state index contributed by atoms with van der Waals surface area (Å²) in [6.07, 6.45) is 3.94. The number of ketones is 1. The van der Waals surface area contributed by atoms with E-state index in [0.717, 1.165) is 0 Å². The molecule has 1 aliphatic rings. The van der Waals surface area contributed by atoms with Crippen molar-refractivity contribution in [3.63, 3.8) is 0 Å². The topological polar surface area (TPSA) is 75.2 Å². The van der Waals surface area contributed by atoms with Crippen LogP contribution in [0.15, 0.2) is 67.1 Å². The zero-order chi connectivity index (χ0) is 24.3. The van der Waals surface area contributed by atoms with Crippen LogP contribution in [0.4, 0.5) is 19.0 Å². The van der Waals surface area contributed by atoms with Gasteiger partial charge in [-0.05, 0) is 61.0 Å². The number of hydrogen-bond donors (Lipinski definition) is 1. The molecule has 2 atom stereocenters. The molecule has 1 saturated heterocycles. The van der Waals surface area contributed by atoms with Crippen LogP contribution in [0.25, 0.3) is 0 Å². The second kappa shape index (κ2) is 9.72. The average Bonchev–Trinajstić information content (AvgIpc) is 2.84. The van der Waals surface area contributed by atoms with E-state index in [1.165, 1.54) is 55.0 Å². The van der Waals surface area contributed by atoms with Crippen LogP contribution in [0, 0.1) is 5.82 Å². The number of carbonyl (C=O) groups excluding carboxylic acids is 2. The van der Waals surface area contributed by atoms with Crippen molar-refractivity contribution in [3.05, 3.63) is 89.6 Å². The van der Waals surface area contributed by atoms with Gasteiger partial charge >= 0.3 is 0 Å². The van der Waals surface area contributed by atoms with Gasteiger partial charge in [0.15, 0.2) is 5.78 Å². The summed E-state index contributed by atoms with van der Waals surface area (Å²) in [5.74, 6) is -4.82. The smallest absolute Gasteiger partial charge is 0.257 e. The number of alkyl halides is 2. The van der Waals surface area contributed by atoms with Gasteiger partial charge in [-0.1, -0.05) is 0 Å². The highest BCUT2D eigenvalue weighted by molar-refractivity contribution is 6.09. The van der Waals surface area contributed by atoms with E-state index in [9.17, 15) is 22.8 Å². The number of amides is 1. The van der Waals surface area contributed by atoms with E-state index in [-0.39, 0.29) is 42.6 Å². The molecule has 1 amide bonds. The van der Waals surface area contributed by atoms with Crippen LogP contribution in [0.3, 0.4) is 0 Å². The highest BCUT2D eigenvalue weighted by Crippen LogP contribution is 2.40. The molecule has 0 spiro atoms. The van der Waals surface area contributed by atoms with Crippen molar-refractivity contribution in [1.29, 1.82) is 0 Å². The van der Waals surface area contributed by atoms with E-state index < -0.39 is 23.7 Å². The monoisotopic (exact) mass is 468 g/mol. The summed E-state index contributed by atoms with van der Waals surface area (Å²) in [7, 11) is 0. The van der Waals surface area contributed by atoms with Crippen LogP contribution >= 0.6 is 0 Å². The van der Waals surface area contributed by atoms with Crippen molar-refractivity contribution < 1.29 is 22.8 Å². The van der Waals surface area contributed by atoms with E-state index in [4.69, 9.17) is 0 Å². The Morgan fingerprint density at radius 2 is 1.74 bits per heavy atom. The first-order valence-electron chi connectivity index (χ1n) is 10.8. The Morgan fingerprint density at radius 3 is 2.38 bits per heavy atom. The largest absolute Gasteiger partial charge is 0.309 e. The average molecular weight is 468 g/mol. The summed E-state index contributed by atoms with van der Waals surface area (Å²) in [4.78, 5) is 35.0. The van der Waals surface area contributed by atoms with Gasteiger partial charge in [-0.2, -0.15) is 0 Å². The summed E-state index contributed by atoms with van der Waals surface area (Å²) in [5, 5.41) is 2.68. The summed E-state index contributed by atoms with van der Waals surface area (Å²) in [6, 6.07) is 10.7. The van der Waals surface area contributed by atoms with Gasteiger partial charge in [0.05, 0.1) is 12.0 Å². The Bertz CT molecular complexity index is 1160. The van der Waals surface area contributed by atoms with Gasteiger partial charge in [0.2, 0.25) is 5.91 Å². The molecule has 176 valence electrons. The number of anilines is 1. The van der Waals surface area contributed by atoms with Crippen LogP contribution in [0.5, 0.6) is 0 Å². The van der Waals surface area contributed by atoms with Crippen molar-refractivity contribution in [2.45, 2.75) is 31.2 Å². The third-order valence-electron chi connectivity index (χ3n) is 6.08. The number of benzene rings is 1. The molecule has 0 saturated carbocycles. The first-order valence-corrected chi connectivity index (χ1v) is 10.8. The third kappa shape index (κ3) is 5.14. The van der Waals surface area contributed by atoms with Gasteiger partial charge in [-0.3, -0.25) is 19.5 Å². The molecule has 1 N–H and O–H groups in total. The van der Waals surface area contributed by atoms with Gasteiger partial charge in [0.25, 0.3) is 5.92 Å². The van der Waals surface area contributed by atoms with E-state index >= 15 is 0 Å². The fourth-order valence-corrected chi connectivity index (χ4v) is 3.99. The molecule has 4 rings (SSSR count). The molecule has 0 aliphatic carbocycles. The molecule has 1 aliphatic heterocycles. The fraction of sp³-hybridized carbons (Fsp3) is 0.280. The lowest BCUT2D eigenvalue weighted by Crippen LogP contribution is -2.52. The first-order chi connectivity index (χ1) is 16.2. The Kier molecular flexibility index (Phi) is 6.74. The quantitative estimate of drug-likeness (QED) is 0.546. The third-order valence-corrected chi connectivity index (χ3v) is 6.08. The molecule has 2 aromatic heterocycles. The first kappa shape index (κ1) is 23.6. The van der Waals surface area contributed by atoms with Crippen LogP contribution in [-0.4, -0.2) is 51.6 Å². The zero-order valence-corrected chi connectivity index (χ0v) is 18.4. The van der Waals surface area contributed by atoms with Crippen LogP contribution in [0.1, 0.15) is 40.7 Å². The van der Waals surface area contributed by atoms with E-state index in [0.29, 0.717) is 11.1 Å². The van der Waals surface area contributed by atoms with Gasteiger partial charge < -0.3 is 5.32 Å². The van der Waals surface area contributed by atoms with Gasteiger partial charge in [-0.15, -0.1) is 0 Å². The van der Waals surface area contributed by atoms with Crippen molar-refractivity contribution in [2.24, 2.45) is 0 Å². The van der Waals surface area contributed by atoms with Crippen molar-refractivity contribution in [1.82, 2.24) is 14.9 Å². The molecule has 3 aromatic rings. The number of pyridine rings is 2. The number of likely N-dealkylation sites (tertiary alicyclic amines) is 1. The SMILES string of the molecule is C[C@@H](C(=O)Nc1ccc(C(=O)c2ccc(F)cc2)cn1)N1CCC(F)(F)[C@@H](c2ccncc2)C1. The normalized spacial score (nSPS) is 18.8. The van der Waals surface area contributed by atoms with Gasteiger partial charge in [0, 0.05) is 49.2 Å². The Hall–Kier alpha value is -3.59. The fourth-order valence-electron chi connectivity index (χ4n) is 3.99. The number of hydrogen-bond acceptors (Lipinski definition) is 5. The molecule has 9 heteroatoms. The summed E-state index contributed by atoms with van der Waals surface area (Å²) < 4.78 is 42.2. The lowest BCUT2D eigenvalue weighted by Gasteiger charge is -2.40. The maximum atomic E-state index is 14.6. The van der Waals surface area contributed by atoms with E-state index in [2.05, 4.69) is 15.3 Å². The number of nitrogens with zero attached hydrogens (tertiary/aromatic N) is 3. The molecule has 0 radical (unpaired) electrons.